The quantitative estimate of drug-likeness (QED) is 0.871. The zero-order chi connectivity index (χ0) is 13.7. The van der Waals surface area contributed by atoms with Gasteiger partial charge in [0.25, 0.3) is 0 Å². The van der Waals surface area contributed by atoms with Gasteiger partial charge in [0.15, 0.2) is 0 Å². The van der Waals surface area contributed by atoms with Crippen molar-refractivity contribution in [1.82, 2.24) is 5.32 Å². The molecule has 0 radical (unpaired) electrons. The van der Waals surface area contributed by atoms with Crippen molar-refractivity contribution in [1.29, 1.82) is 5.26 Å². The maximum absolute atomic E-state index is 9.39. The third-order valence-corrected chi connectivity index (χ3v) is 3.33. The molecule has 1 unspecified atom stereocenters. The van der Waals surface area contributed by atoms with Crippen LogP contribution in [0.5, 0.6) is 0 Å². The summed E-state index contributed by atoms with van der Waals surface area (Å²) in [5, 5.41) is 15.1. The second-order valence-corrected chi connectivity index (χ2v) is 5.27. The highest BCUT2D eigenvalue weighted by Crippen LogP contribution is 2.24. The van der Waals surface area contributed by atoms with Crippen molar-refractivity contribution in [2.45, 2.75) is 26.3 Å². The maximum atomic E-state index is 9.39. The van der Waals surface area contributed by atoms with Crippen LogP contribution in [0.25, 0.3) is 10.8 Å². The van der Waals surface area contributed by atoms with Crippen molar-refractivity contribution in [2.24, 2.45) is 5.92 Å². The lowest BCUT2D eigenvalue weighted by Crippen LogP contribution is -2.22. The van der Waals surface area contributed by atoms with E-state index in [-0.39, 0.29) is 6.04 Å². The number of nitriles is 1. The second-order valence-electron chi connectivity index (χ2n) is 5.27. The molecule has 2 nitrogen and oxygen atoms in total. The highest BCUT2D eigenvalue weighted by Gasteiger charge is 2.12. The molecule has 1 N–H and O–H groups in total. The molecule has 0 aliphatic carbocycles. The Kier molecular flexibility index (Phi) is 4.54. The fraction of sp³-hybridized carbons (Fsp3) is 0.353. The summed E-state index contributed by atoms with van der Waals surface area (Å²) in [6, 6.07) is 16.5. The number of rotatable bonds is 5. The molecule has 0 amide bonds. The number of hydrogen-bond donors (Lipinski definition) is 1. The molecule has 0 fully saturated rings. The van der Waals surface area contributed by atoms with Crippen molar-refractivity contribution < 1.29 is 0 Å². The average molecular weight is 252 g/mol. The van der Waals surface area contributed by atoms with Gasteiger partial charge in [-0.1, -0.05) is 56.3 Å². The maximum Gasteiger partial charge on any atom is 0.121 e. The summed E-state index contributed by atoms with van der Waals surface area (Å²) in [4.78, 5) is 0. The fourth-order valence-electron chi connectivity index (χ4n) is 2.24. The molecule has 0 saturated heterocycles. The third-order valence-electron chi connectivity index (χ3n) is 3.33. The molecular weight excluding hydrogens is 232 g/mol. The van der Waals surface area contributed by atoms with Crippen molar-refractivity contribution in [3.8, 4) is 6.07 Å². The summed E-state index contributed by atoms with van der Waals surface area (Å²) in [7, 11) is 0. The zero-order valence-corrected chi connectivity index (χ0v) is 11.6. The van der Waals surface area contributed by atoms with Gasteiger partial charge in [0.05, 0.1) is 6.07 Å². The van der Waals surface area contributed by atoms with E-state index in [4.69, 9.17) is 0 Å². The predicted octanol–water partition coefficient (Wildman–Crippen LogP) is 4.04. The Morgan fingerprint density at radius 3 is 2.58 bits per heavy atom. The van der Waals surface area contributed by atoms with E-state index in [0.717, 1.165) is 23.9 Å². The molecule has 0 aromatic heterocycles. The first-order chi connectivity index (χ1) is 9.22. The Morgan fingerprint density at radius 2 is 1.84 bits per heavy atom. The van der Waals surface area contributed by atoms with Gasteiger partial charge >= 0.3 is 0 Å². The van der Waals surface area contributed by atoms with Crippen LogP contribution in [-0.2, 0) is 0 Å². The van der Waals surface area contributed by atoms with E-state index < -0.39 is 0 Å². The first-order valence-corrected chi connectivity index (χ1v) is 6.83. The minimum absolute atomic E-state index is 0.232. The fourth-order valence-corrected chi connectivity index (χ4v) is 2.24. The molecule has 2 rings (SSSR count). The van der Waals surface area contributed by atoms with Crippen LogP contribution in [0.15, 0.2) is 42.5 Å². The Bertz CT molecular complexity index is 576. The van der Waals surface area contributed by atoms with Gasteiger partial charge in [-0.2, -0.15) is 5.26 Å². The molecule has 0 heterocycles. The smallest absolute Gasteiger partial charge is 0.121 e. The van der Waals surface area contributed by atoms with Crippen LogP contribution in [0.2, 0.25) is 0 Å². The largest absolute Gasteiger partial charge is 0.298 e. The van der Waals surface area contributed by atoms with Crippen LogP contribution in [0.3, 0.4) is 0 Å². The van der Waals surface area contributed by atoms with E-state index in [1.807, 2.05) is 24.3 Å². The number of hydrogen-bond acceptors (Lipinski definition) is 2. The molecule has 2 aromatic carbocycles. The van der Waals surface area contributed by atoms with E-state index in [2.05, 4.69) is 43.4 Å². The molecule has 0 aliphatic rings. The van der Waals surface area contributed by atoms with Crippen LogP contribution >= 0.6 is 0 Å². The zero-order valence-electron chi connectivity index (χ0n) is 11.6. The highest BCUT2D eigenvalue weighted by molar-refractivity contribution is 5.86. The van der Waals surface area contributed by atoms with Crippen molar-refractivity contribution in [3.05, 3.63) is 48.0 Å². The molecule has 2 heteroatoms. The van der Waals surface area contributed by atoms with Gasteiger partial charge in [-0.15, -0.1) is 0 Å². The molecule has 19 heavy (non-hydrogen) atoms. The predicted molar refractivity (Wildman–Crippen MR) is 79.8 cm³/mol. The van der Waals surface area contributed by atoms with E-state index in [1.165, 1.54) is 5.39 Å². The lowest BCUT2D eigenvalue weighted by Gasteiger charge is -2.15. The lowest BCUT2D eigenvalue weighted by atomic mass is 9.99. The summed E-state index contributed by atoms with van der Waals surface area (Å²) in [6.07, 6.45) is 1.09. The second kappa shape index (κ2) is 6.36. The Hall–Kier alpha value is -1.85. The Labute approximate surface area is 115 Å². The van der Waals surface area contributed by atoms with Crippen LogP contribution in [0, 0.1) is 17.2 Å². The van der Waals surface area contributed by atoms with Gasteiger partial charge in [0.2, 0.25) is 0 Å². The average Bonchev–Trinajstić information content (AvgIpc) is 2.43. The topological polar surface area (TPSA) is 35.8 Å². The van der Waals surface area contributed by atoms with Crippen molar-refractivity contribution >= 4 is 10.8 Å². The summed E-state index contributed by atoms with van der Waals surface area (Å²) < 4.78 is 0. The highest BCUT2D eigenvalue weighted by atomic mass is 14.9. The first-order valence-electron chi connectivity index (χ1n) is 6.83. The molecule has 0 saturated carbocycles. The molecule has 98 valence electrons. The standard InChI is InChI=1S/C17H20N2/c1-13(2)10-11-19-17(12-18)16-9-5-7-14-6-3-4-8-15(14)16/h3-9,13,17,19H,10-11H2,1-2H3. The number of benzene rings is 2. The molecule has 1 atom stereocenters. The van der Waals surface area contributed by atoms with E-state index in [1.54, 1.807) is 0 Å². The SMILES string of the molecule is CC(C)CCNC(C#N)c1cccc2ccccc12. The molecule has 0 spiro atoms. The van der Waals surface area contributed by atoms with Crippen LogP contribution < -0.4 is 5.32 Å². The summed E-state index contributed by atoms with van der Waals surface area (Å²) in [5.74, 6) is 0.652. The molecule has 0 bridgehead atoms. The normalized spacial score (nSPS) is 12.5. The summed E-state index contributed by atoms with van der Waals surface area (Å²) in [6.45, 7) is 5.26. The number of nitrogens with zero attached hydrogens (tertiary/aromatic N) is 1. The molecule has 2 aromatic rings. The minimum Gasteiger partial charge on any atom is -0.298 e. The first kappa shape index (κ1) is 13.6. The molecule has 0 aliphatic heterocycles. The van der Waals surface area contributed by atoms with Gasteiger partial charge in [-0.05, 0) is 35.2 Å². The monoisotopic (exact) mass is 252 g/mol. The van der Waals surface area contributed by atoms with E-state index >= 15 is 0 Å². The minimum atomic E-state index is -0.232. The van der Waals surface area contributed by atoms with Crippen LogP contribution in [0.1, 0.15) is 31.9 Å². The number of fused-ring (bicyclic) bond motifs is 1. The van der Waals surface area contributed by atoms with Crippen LogP contribution in [0.4, 0.5) is 0 Å². The Morgan fingerprint density at radius 1 is 1.11 bits per heavy atom. The van der Waals surface area contributed by atoms with Crippen molar-refractivity contribution in [2.75, 3.05) is 6.54 Å². The van der Waals surface area contributed by atoms with Gasteiger partial charge in [0.1, 0.15) is 6.04 Å². The van der Waals surface area contributed by atoms with Gasteiger partial charge < -0.3 is 0 Å². The lowest BCUT2D eigenvalue weighted by molar-refractivity contribution is 0.520. The van der Waals surface area contributed by atoms with Gasteiger partial charge in [-0.3, -0.25) is 5.32 Å². The summed E-state index contributed by atoms with van der Waals surface area (Å²) in [5.41, 5.74) is 1.07. The van der Waals surface area contributed by atoms with Gasteiger partial charge in [0, 0.05) is 0 Å². The van der Waals surface area contributed by atoms with Crippen molar-refractivity contribution in [3.63, 3.8) is 0 Å². The Balaban J connectivity index is 2.24. The third kappa shape index (κ3) is 3.33. The van der Waals surface area contributed by atoms with Gasteiger partial charge in [-0.25, -0.2) is 0 Å². The number of nitrogens with one attached hydrogen (secondary N) is 1. The molecular formula is C17H20N2. The van der Waals surface area contributed by atoms with E-state index in [9.17, 15) is 5.26 Å². The van der Waals surface area contributed by atoms with Crippen LogP contribution in [-0.4, -0.2) is 6.54 Å². The van der Waals surface area contributed by atoms with E-state index in [0.29, 0.717) is 5.92 Å². The summed E-state index contributed by atoms with van der Waals surface area (Å²) >= 11 is 0.